The molecular weight excluding hydrogens is 304 g/mol. The zero-order chi connectivity index (χ0) is 16.7. The lowest BCUT2D eigenvalue weighted by atomic mass is 9.90. The molecule has 1 aromatic heterocycles. The van der Waals surface area contributed by atoms with Crippen molar-refractivity contribution in [3.8, 4) is 22.7 Å². The maximum Gasteiger partial charge on any atom is 0.335 e. The zero-order valence-corrected chi connectivity index (χ0v) is 13.2. The van der Waals surface area contributed by atoms with Crippen molar-refractivity contribution < 1.29 is 14.6 Å². The molecule has 120 valence electrons. The molecule has 1 N–H and O–H groups in total. The van der Waals surface area contributed by atoms with Gasteiger partial charge in [-0.25, -0.2) is 9.48 Å². The first-order chi connectivity index (χ1) is 11.7. The van der Waals surface area contributed by atoms with Crippen LogP contribution in [0, 0.1) is 0 Å². The summed E-state index contributed by atoms with van der Waals surface area (Å²) < 4.78 is 7.11. The smallest absolute Gasteiger partial charge is 0.335 e. The number of nitrogens with zero attached hydrogens (tertiary/aromatic N) is 2. The lowest BCUT2D eigenvalue weighted by Crippen LogP contribution is -2.02. The Hall–Kier alpha value is -3.08. The van der Waals surface area contributed by atoms with Crippen molar-refractivity contribution in [2.75, 3.05) is 7.11 Å². The molecule has 0 fully saturated rings. The van der Waals surface area contributed by atoms with Gasteiger partial charge in [-0.3, -0.25) is 0 Å². The Bertz CT molecular complexity index is 926. The highest BCUT2D eigenvalue weighted by Gasteiger charge is 2.20. The maximum atomic E-state index is 11.0. The van der Waals surface area contributed by atoms with Crippen molar-refractivity contribution in [3.05, 3.63) is 65.4 Å². The average molecular weight is 320 g/mol. The molecule has 0 radical (unpaired) electrons. The topological polar surface area (TPSA) is 64.3 Å². The van der Waals surface area contributed by atoms with Crippen LogP contribution in [0.15, 0.2) is 48.7 Å². The van der Waals surface area contributed by atoms with Crippen molar-refractivity contribution in [1.82, 2.24) is 9.78 Å². The van der Waals surface area contributed by atoms with E-state index in [-0.39, 0.29) is 5.56 Å². The Labute approximate surface area is 139 Å². The second-order valence-corrected chi connectivity index (χ2v) is 5.82. The minimum absolute atomic E-state index is 0.271. The highest BCUT2D eigenvalue weighted by molar-refractivity contribution is 5.87. The van der Waals surface area contributed by atoms with E-state index in [1.807, 2.05) is 16.9 Å². The number of aromatic nitrogens is 2. The van der Waals surface area contributed by atoms with E-state index in [0.717, 1.165) is 35.5 Å². The van der Waals surface area contributed by atoms with Crippen LogP contribution in [0.25, 0.3) is 16.9 Å². The molecule has 0 spiro atoms. The molecule has 0 saturated carbocycles. The predicted octanol–water partition coefficient (Wildman–Crippen LogP) is 3.34. The van der Waals surface area contributed by atoms with Crippen molar-refractivity contribution in [1.29, 1.82) is 0 Å². The Kier molecular flexibility index (Phi) is 3.34. The SMILES string of the molecule is COc1ccc2c(c1)CCc1cn(-c3ccc(C(=O)O)cc3)nc1-2. The number of fused-ring (bicyclic) bond motifs is 3. The van der Waals surface area contributed by atoms with Gasteiger partial charge < -0.3 is 9.84 Å². The predicted molar refractivity (Wildman–Crippen MR) is 89.9 cm³/mol. The number of carbonyl (C=O) groups is 1. The van der Waals surface area contributed by atoms with Crippen molar-refractivity contribution >= 4 is 5.97 Å². The molecule has 4 rings (SSSR count). The van der Waals surface area contributed by atoms with E-state index < -0.39 is 5.97 Å². The minimum atomic E-state index is -0.927. The van der Waals surface area contributed by atoms with Crippen LogP contribution < -0.4 is 4.74 Å². The standard InChI is InChI=1S/C19H16N2O3/c1-24-16-8-9-17-13(10-16)2-3-14-11-21(20-18(14)17)15-6-4-12(5-7-15)19(22)23/h4-11H,2-3H2,1H3,(H,22,23). The fraction of sp³-hybridized carbons (Fsp3) is 0.158. The normalized spacial score (nSPS) is 12.4. The van der Waals surface area contributed by atoms with Crippen LogP contribution in [0.1, 0.15) is 21.5 Å². The summed E-state index contributed by atoms with van der Waals surface area (Å²) in [4.78, 5) is 11.0. The highest BCUT2D eigenvalue weighted by atomic mass is 16.5. The third kappa shape index (κ3) is 2.34. The molecule has 0 amide bonds. The summed E-state index contributed by atoms with van der Waals surface area (Å²) in [5, 5.41) is 13.7. The molecule has 1 aliphatic carbocycles. The molecule has 3 aromatic rings. The van der Waals surface area contributed by atoms with Crippen LogP contribution in [0.4, 0.5) is 0 Å². The third-order valence-corrected chi connectivity index (χ3v) is 4.40. The second kappa shape index (κ2) is 5.53. The summed E-state index contributed by atoms with van der Waals surface area (Å²) in [6, 6.07) is 12.8. The van der Waals surface area contributed by atoms with Gasteiger partial charge in [-0.05, 0) is 66.4 Å². The number of aromatic carboxylic acids is 1. The quantitative estimate of drug-likeness (QED) is 0.804. The molecule has 0 saturated heterocycles. The molecule has 24 heavy (non-hydrogen) atoms. The molecule has 1 aliphatic rings. The van der Waals surface area contributed by atoms with Crippen LogP contribution in [0.5, 0.6) is 5.75 Å². The first kappa shape index (κ1) is 14.5. The number of methoxy groups -OCH3 is 1. The lowest BCUT2D eigenvalue weighted by molar-refractivity contribution is 0.0697. The molecule has 0 unspecified atom stereocenters. The van der Waals surface area contributed by atoms with E-state index in [1.54, 1.807) is 31.4 Å². The summed E-state index contributed by atoms with van der Waals surface area (Å²) in [6.45, 7) is 0. The minimum Gasteiger partial charge on any atom is -0.497 e. The molecule has 0 bridgehead atoms. The van der Waals surface area contributed by atoms with Gasteiger partial charge in [0.15, 0.2) is 0 Å². The number of aryl methyl sites for hydroxylation is 2. The number of rotatable bonds is 3. The summed E-state index contributed by atoms with van der Waals surface area (Å²) in [5.41, 5.74) is 5.69. The van der Waals surface area contributed by atoms with Crippen molar-refractivity contribution in [2.24, 2.45) is 0 Å². The van der Waals surface area contributed by atoms with Crippen LogP contribution in [0.3, 0.4) is 0 Å². The summed E-state index contributed by atoms with van der Waals surface area (Å²) in [6.07, 6.45) is 3.92. The van der Waals surface area contributed by atoms with E-state index in [2.05, 4.69) is 12.1 Å². The van der Waals surface area contributed by atoms with E-state index in [4.69, 9.17) is 14.9 Å². The van der Waals surface area contributed by atoms with E-state index >= 15 is 0 Å². The van der Waals surface area contributed by atoms with Crippen molar-refractivity contribution in [3.63, 3.8) is 0 Å². The van der Waals surface area contributed by atoms with Crippen LogP contribution in [0.2, 0.25) is 0 Å². The molecule has 5 heteroatoms. The summed E-state index contributed by atoms with van der Waals surface area (Å²) >= 11 is 0. The van der Waals surface area contributed by atoms with Gasteiger partial charge >= 0.3 is 5.97 Å². The van der Waals surface area contributed by atoms with E-state index in [9.17, 15) is 4.79 Å². The number of carboxylic acids is 1. The number of hydrogen-bond acceptors (Lipinski definition) is 3. The summed E-state index contributed by atoms with van der Waals surface area (Å²) in [7, 11) is 1.67. The lowest BCUT2D eigenvalue weighted by Gasteiger charge is -2.15. The average Bonchev–Trinajstić information content (AvgIpc) is 3.06. The highest BCUT2D eigenvalue weighted by Crippen LogP contribution is 2.34. The number of carboxylic acid groups (broad SMARTS) is 1. The Morgan fingerprint density at radius 2 is 1.88 bits per heavy atom. The zero-order valence-electron chi connectivity index (χ0n) is 13.2. The molecule has 0 atom stereocenters. The first-order valence-corrected chi connectivity index (χ1v) is 7.75. The molecular formula is C19H16N2O3. The molecule has 1 heterocycles. The Morgan fingerprint density at radius 3 is 2.58 bits per heavy atom. The van der Waals surface area contributed by atoms with Gasteiger partial charge in [-0.15, -0.1) is 0 Å². The van der Waals surface area contributed by atoms with Gasteiger partial charge in [0.2, 0.25) is 0 Å². The first-order valence-electron chi connectivity index (χ1n) is 7.75. The Morgan fingerprint density at radius 1 is 1.12 bits per heavy atom. The van der Waals surface area contributed by atoms with Gasteiger partial charge in [-0.1, -0.05) is 0 Å². The fourth-order valence-electron chi connectivity index (χ4n) is 3.11. The fourth-order valence-corrected chi connectivity index (χ4v) is 3.11. The van der Waals surface area contributed by atoms with Gasteiger partial charge in [0.1, 0.15) is 5.75 Å². The van der Waals surface area contributed by atoms with Crippen LogP contribution >= 0.6 is 0 Å². The number of ether oxygens (including phenoxy) is 1. The largest absolute Gasteiger partial charge is 0.497 e. The number of hydrogen-bond donors (Lipinski definition) is 1. The molecule has 0 aliphatic heterocycles. The third-order valence-electron chi connectivity index (χ3n) is 4.40. The van der Waals surface area contributed by atoms with Gasteiger partial charge in [0.25, 0.3) is 0 Å². The van der Waals surface area contributed by atoms with E-state index in [0.29, 0.717) is 0 Å². The van der Waals surface area contributed by atoms with E-state index in [1.165, 1.54) is 11.1 Å². The molecule has 5 nitrogen and oxygen atoms in total. The monoisotopic (exact) mass is 320 g/mol. The van der Waals surface area contributed by atoms with Gasteiger partial charge in [-0.2, -0.15) is 5.10 Å². The van der Waals surface area contributed by atoms with Gasteiger partial charge in [0.05, 0.1) is 24.1 Å². The van der Waals surface area contributed by atoms with Crippen LogP contribution in [-0.2, 0) is 12.8 Å². The van der Waals surface area contributed by atoms with Crippen LogP contribution in [-0.4, -0.2) is 28.0 Å². The van der Waals surface area contributed by atoms with Crippen molar-refractivity contribution in [2.45, 2.75) is 12.8 Å². The molecule has 2 aromatic carbocycles. The second-order valence-electron chi connectivity index (χ2n) is 5.82. The number of benzene rings is 2. The summed E-state index contributed by atoms with van der Waals surface area (Å²) in [5.74, 6) is -0.0647. The van der Waals surface area contributed by atoms with Gasteiger partial charge in [0, 0.05) is 11.8 Å². The Balaban J connectivity index is 1.74. The maximum absolute atomic E-state index is 11.0.